The molecule has 0 saturated heterocycles. The van der Waals surface area contributed by atoms with E-state index in [0.717, 1.165) is 11.1 Å². The molecule has 36 heavy (non-hydrogen) atoms. The zero-order valence-corrected chi connectivity index (χ0v) is 18.7. The van der Waals surface area contributed by atoms with Crippen LogP contribution in [-0.4, -0.2) is 39.5 Å². The van der Waals surface area contributed by atoms with E-state index in [1.807, 2.05) is 24.4 Å². The highest BCUT2D eigenvalue weighted by molar-refractivity contribution is 5.99. The van der Waals surface area contributed by atoms with Crippen molar-refractivity contribution in [2.45, 2.75) is 18.5 Å². The van der Waals surface area contributed by atoms with Crippen LogP contribution >= 0.6 is 0 Å². The Labute approximate surface area is 203 Å². The summed E-state index contributed by atoms with van der Waals surface area (Å²) in [5.74, 6) is -3.60. The van der Waals surface area contributed by atoms with Crippen LogP contribution in [0.25, 0.3) is 5.57 Å². The normalized spacial score (nSPS) is 17.1. The summed E-state index contributed by atoms with van der Waals surface area (Å²) in [5, 5.41) is 17.0. The van der Waals surface area contributed by atoms with Crippen LogP contribution in [0.3, 0.4) is 0 Å². The highest BCUT2D eigenvalue weighted by atomic mass is 19.4. The van der Waals surface area contributed by atoms with Gasteiger partial charge in [-0.3, -0.25) is 9.78 Å². The number of carboxylic acid groups (broad SMARTS) is 1. The molecule has 0 fully saturated rings. The summed E-state index contributed by atoms with van der Waals surface area (Å²) in [6.07, 6.45) is 2.15. The van der Waals surface area contributed by atoms with E-state index in [2.05, 4.69) is 17.6 Å². The molecule has 10 heteroatoms. The fourth-order valence-electron chi connectivity index (χ4n) is 3.79. The van der Waals surface area contributed by atoms with Crippen LogP contribution in [0.5, 0.6) is 0 Å². The first-order valence-electron chi connectivity index (χ1n) is 10.5. The van der Waals surface area contributed by atoms with Gasteiger partial charge in [0.15, 0.2) is 0 Å². The van der Waals surface area contributed by atoms with E-state index < -0.39 is 18.1 Å². The van der Waals surface area contributed by atoms with Gasteiger partial charge in [-0.05, 0) is 41.0 Å². The predicted octanol–water partition coefficient (Wildman–Crippen LogP) is 5.16. The quantitative estimate of drug-likeness (QED) is 0.464. The number of nitriles is 1. The van der Waals surface area contributed by atoms with E-state index in [0.29, 0.717) is 29.1 Å². The van der Waals surface area contributed by atoms with Crippen LogP contribution in [0, 0.1) is 17.1 Å². The number of benzene rings is 1. The summed E-state index contributed by atoms with van der Waals surface area (Å²) >= 11 is 0. The van der Waals surface area contributed by atoms with Gasteiger partial charge in [-0.1, -0.05) is 30.4 Å². The molecule has 0 amide bonds. The molecule has 1 unspecified atom stereocenters. The number of alkyl halides is 3. The summed E-state index contributed by atoms with van der Waals surface area (Å²) in [7, 11) is 0. The minimum Gasteiger partial charge on any atom is -0.475 e. The zero-order chi connectivity index (χ0) is 26.5. The molecular formula is C26H19F4N3O3. The fraction of sp³-hybridized carbons (Fsp3) is 0.154. The topological polar surface area (TPSA) is 94.3 Å². The fourth-order valence-corrected chi connectivity index (χ4v) is 3.79. The summed E-state index contributed by atoms with van der Waals surface area (Å²) in [6.45, 7) is 4.17. The lowest BCUT2D eigenvalue weighted by atomic mass is 9.77. The van der Waals surface area contributed by atoms with Gasteiger partial charge in [-0.25, -0.2) is 9.18 Å². The van der Waals surface area contributed by atoms with Crippen molar-refractivity contribution in [2.24, 2.45) is 0 Å². The first kappa shape index (κ1) is 26.1. The van der Waals surface area contributed by atoms with Crippen molar-refractivity contribution >= 4 is 17.3 Å². The Hall–Kier alpha value is -4.52. The second kappa shape index (κ2) is 10.8. The van der Waals surface area contributed by atoms with Crippen molar-refractivity contribution in [3.63, 3.8) is 0 Å². The Kier molecular flexibility index (Phi) is 7.84. The predicted molar refractivity (Wildman–Crippen MR) is 122 cm³/mol. The number of ketones is 1. The summed E-state index contributed by atoms with van der Waals surface area (Å²) in [5.41, 5.74) is 3.88. The number of aromatic nitrogens is 1. The van der Waals surface area contributed by atoms with E-state index in [-0.39, 0.29) is 18.0 Å². The van der Waals surface area contributed by atoms with Crippen LogP contribution in [0.2, 0.25) is 0 Å². The number of Topliss-reactive ketones (excluding diaryl/α,β-unsaturated/α-hetero) is 1. The number of halogens is 4. The third kappa shape index (κ3) is 5.75. The molecule has 1 atom stereocenters. The lowest BCUT2D eigenvalue weighted by Crippen LogP contribution is -2.27. The highest BCUT2D eigenvalue weighted by Gasteiger charge is 2.38. The Balaban J connectivity index is 0.000000454. The smallest absolute Gasteiger partial charge is 0.475 e. The van der Waals surface area contributed by atoms with Gasteiger partial charge in [0.1, 0.15) is 23.4 Å². The van der Waals surface area contributed by atoms with Gasteiger partial charge in [-0.15, -0.1) is 6.58 Å². The molecule has 2 heterocycles. The number of allylic oxidation sites excluding steroid dienone is 5. The number of carbonyl (C=O) groups is 2. The maximum atomic E-state index is 14.0. The van der Waals surface area contributed by atoms with Gasteiger partial charge >= 0.3 is 12.1 Å². The molecular weight excluding hydrogens is 478 g/mol. The highest BCUT2D eigenvalue weighted by Crippen LogP contribution is 2.43. The first-order valence-corrected chi connectivity index (χ1v) is 10.5. The van der Waals surface area contributed by atoms with Crippen LogP contribution in [0.4, 0.5) is 17.6 Å². The second-order valence-corrected chi connectivity index (χ2v) is 7.70. The van der Waals surface area contributed by atoms with Gasteiger partial charge in [0.2, 0.25) is 0 Å². The lowest BCUT2D eigenvalue weighted by molar-refractivity contribution is -0.192. The summed E-state index contributed by atoms with van der Waals surface area (Å²) < 4.78 is 45.7. The van der Waals surface area contributed by atoms with E-state index in [1.165, 1.54) is 12.1 Å². The first-order chi connectivity index (χ1) is 17.1. The largest absolute Gasteiger partial charge is 0.490 e. The van der Waals surface area contributed by atoms with E-state index in [1.54, 1.807) is 35.4 Å². The monoisotopic (exact) mass is 497 g/mol. The summed E-state index contributed by atoms with van der Waals surface area (Å²) in [4.78, 5) is 27.8. The van der Waals surface area contributed by atoms with Crippen LogP contribution in [0.1, 0.15) is 23.6 Å². The minimum absolute atomic E-state index is 0.0382. The van der Waals surface area contributed by atoms with Gasteiger partial charge < -0.3 is 10.0 Å². The average molecular weight is 497 g/mol. The molecule has 1 aromatic carbocycles. The summed E-state index contributed by atoms with van der Waals surface area (Å²) in [6, 6.07) is 13.9. The number of nitrogens with zero attached hydrogens (tertiary/aromatic N) is 3. The number of aliphatic carboxylic acids is 1. The van der Waals surface area contributed by atoms with Crippen molar-refractivity contribution in [3.05, 3.63) is 108 Å². The van der Waals surface area contributed by atoms with Crippen molar-refractivity contribution in [3.8, 4) is 6.07 Å². The number of hydrogen-bond acceptors (Lipinski definition) is 5. The van der Waals surface area contributed by atoms with Gasteiger partial charge in [0, 0.05) is 30.9 Å². The number of fused-ring (bicyclic) bond motifs is 1. The maximum Gasteiger partial charge on any atom is 0.490 e. The van der Waals surface area contributed by atoms with E-state index in [4.69, 9.17) is 9.90 Å². The number of carboxylic acids is 1. The Morgan fingerprint density at radius 2 is 2.00 bits per heavy atom. The average Bonchev–Trinajstić information content (AvgIpc) is 2.83. The third-order valence-electron chi connectivity index (χ3n) is 5.29. The molecule has 1 N–H and O–H groups in total. The number of rotatable bonds is 4. The molecule has 4 rings (SSSR count). The van der Waals surface area contributed by atoms with Gasteiger partial charge in [-0.2, -0.15) is 18.4 Å². The van der Waals surface area contributed by atoms with Crippen molar-refractivity contribution in [1.29, 1.82) is 5.26 Å². The molecule has 0 spiro atoms. The Bertz CT molecular complexity index is 1320. The molecule has 1 aromatic heterocycles. The van der Waals surface area contributed by atoms with E-state index in [9.17, 15) is 27.6 Å². The molecule has 0 radical (unpaired) electrons. The van der Waals surface area contributed by atoms with Crippen molar-refractivity contribution in [2.75, 3.05) is 6.54 Å². The standard InChI is InChI=1S/C24H18FN3O.C2HF3O2/c1-2-10-28-15-17-12-23(29)20(21-8-3-4-9-27-21)13-19(17)24(22(28)14-26)16-6-5-7-18(25)11-16;3-2(4,5)1(6)7/h2-9,11,13,15,20H,1,10,12H2;(H,6,7). The number of carbonyl (C=O) groups excluding carboxylic acids is 1. The molecule has 184 valence electrons. The maximum absolute atomic E-state index is 14.0. The Morgan fingerprint density at radius 1 is 1.28 bits per heavy atom. The Morgan fingerprint density at radius 3 is 2.56 bits per heavy atom. The molecule has 2 aliphatic rings. The lowest BCUT2D eigenvalue weighted by Gasteiger charge is -2.33. The molecule has 0 saturated carbocycles. The molecule has 2 aromatic rings. The SMILES string of the molecule is C=CCN1C=C2CC(=O)C(c3ccccn3)C=C2C(c2cccc(F)c2)=C1C#N.O=C(O)C(F)(F)F. The molecule has 0 bridgehead atoms. The molecule has 1 aliphatic carbocycles. The zero-order valence-electron chi connectivity index (χ0n) is 18.7. The van der Waals surface area contributed by atoms with Crippen molar-refractivity contribution in [1.82, 2.24) is 9.88 Å². The van der Waals surface area contributed by atoms with Crippen molar-refractivity contribution < 1.29 is 32.3 Å². The van der Waals surface area contributed by atoms with Gasteiger partial charge in [0.05, 0.1) is 11.6 Å². The minimum atomic E-state index is -5.08. The number of pyridine rings is 1. The third-order valence-corrected chi connectivity index (χ3v) is 5.29. The molecule has 6 nitrogen and oxygen atoms in total. The van der Waals surface area contributed by atoms with E-state index >= 15 is 0 Å². The van der Waals surface area contributed by atoms with Crippen LogP contribution < -0.4 is 0 Å². The number of hydrogen-bond donors (Lipinski definition) is 1. The van der Waals surface area contributed by atoms with Gasteiger partial charge in [0.25, 0.3) is 0 Å². The van der Waals surface area contributed by atoms with Crippen LogP contribution in [-0.2, 0) is 9.59 Å². The van der Waals surface area contributed by atoms with Crippen LogP contribution in [0.15, 0.2) is 90.4 Å². The second-order valence-electron chi connectivity index (χ2n) is 7.70. The molecule has 1 aliphatic heterocycles.